The zero-order valence-corrected chi connectivity index (χ0v) is 17.2. The maximum Gasteiger partial charge on any atom is 0.274 e. The van der Waals surface area contributed by atoms with Gasteiger partial charge in [0.05, 0.1) is 5.02 Å². The van der Waals surface area contributed by atoms with Crippen LogP contribution in [0.15, 0.2) is 59.1 Å². The van der Waals surface area contributed by atoms with Gasteiger partial charge in [0.25, 0.3) is 5.91 Å². The number of halogens is 2. The van der Waals surface area contributed by atoms with Crippen molar-refractivity contribution in [2.75, 3.05) is 0 Å². The largest absolute Gasteiger partial charge is 0.355 e. The number of amides is 2. The summed E-state index contributed by atoms with van der Waals surface area (Å²) in [5.74, 6) is -1.05. The molecule has 0 spiro atoms. The van der Waals surface area contributed by atoms with E-state index in [4.69, 9.17) is 16.1 Å². The highest BCUT2D eigenvalue weighted by Gasteiger charge is 2.26. The van der Waals surface area contributed by atoms with E-state index in [0.717, 1.165) is 5.56 Å². The molecular weight excluding hydrogens is 409 g/mol. The molecule has 30 heavy (non-hydrogen) atoms. The molecule has 0 fully saturated rings. The first-order chi connectivity index (χ1) is 14.3. The van der Waals surface area contributed by atoms with Crippen LogP contribution < -0.4 is 10.6 Å². The van der Waals surface area contributed by atoms with Crippen LogP contribution in [-0.4, -0.2) is 23.0 Å². The SMILES string of the molecule is CC(C)C(NC(=O)c1cc(-c2ccccc2Cl)on1)C(=O)NCc1ccc(F)cc1. The fourth-order valence-corrected chi connectivity index (χ4v) is 3.05. The molecule has 8 heteroatoms. The molecule has 0 saturated carbocycles. The average molecular weight is 430 g/mol. The van der Waals surface area contributed by atoms with E-state index in [-0.39, 0.29) is 29.9 Å². The van der Waals surface area contributed by atoms with Crippen molar-refractivity contribution in [2.24, 2.45) is 5.92 Å². The Balaban J connectivity index is 1.66. The molecule has 1 aromatic heterocycles. The predicted octanol–water partition coefficient (Wildman–Crippen LogP) is 4.20. The minimum Gasteiger partial charge on any atom is -0.355 e. The molecule has 2 aromatic carbocycles. The standard InChI is InChI=1S/C22H21ClFN3O3/c1-13(2)20(22(29)25-12-14-7-9-15(24)10-8-14)26-21(28)18-11-19(30-27-18)16-5-3-4-6-17(16)23/h3-11,13,20H,12H2,1-2H3,(H,25,29)(H,26,28). The molecule has 0 bridgehead atoms. The Kier molecular flexibility index (Phi) is 6.84. The third-order valence-electron chi connectivity index (χ3n) is 4.50. The van der Waals surface area contributed by atoms with Crippen molar-refractivity contribution in [3.05, 3.63) is 76.7 Å². The van der Waals surface area contributed by atoms with Crippen LogP contribution in [0.1, 0.15) is 29.9 Å². The van der Waals surface area contributed by atoms with Crippen LogP contribution in [0.5, 0.6) is 0 Å². The van der Waals surface area contributed by atoms with Gasteiger partial charge in [0.15, 0.2) is 11.5 Å². The van der Waals surface area contributed by atoms with Crippen molar-refractivity contribution in [1.29, 1.82) is 0 Å². The zero-order valence-electron chi connectivity index (χ0n) is 16.5. The highest BCUT2D eigenvalue weighted by molar-refractivity contribution is 6.33. The van der Waals surface area contributed by atoms with Gasteiger partial charge in [0.2, 0.25) is 5.91 Å². The lowest BCUT2D eigenvalue weighted by atomic mass is 10.0. The Bertz CT molecular complexity index is 1030. The Hall–Kier alpha value is -3.19. The highest BCUT2D eigenvalue weighted by Crippen LogP contribution is 2.27. The topological polar surface area (TPSA) is 84.2 Å². The van der Waals surface area contributed by atoms with Crippen LogP contribution in [0.4, 0.5) is 4.39 Å². The number of rotatable bonds is 7. The number of hydrogen-bond donors (Lipinski definition) is 2. The van der Waals surface area contributed by atoms with Crippen molar-refractivity contribution in [3.8, 4) is 11.3 Å². The molecule has 3 aromatic rings. The van der Waals surface area contributed by atoms with E-state index in [9.17, 15) is 14.0 Å². The van der Waals surface area contributed by atoms with Crippen LogP contribution in [0.3, 0.4) is 0 Å². The van der Waals surface area contributed by atoms with Crippen molar-refractivity contribution < 1.29 is 18.5 Å². The van der Waals surface area contributed by atoms with Gasteiger partial charge in [-0.3, -0.25) is 9.59 Å². The van der Waals surface area contributed by atoms with Gasteiger partial charge in [0, 0.05) is 18.2 Å². The second kappa shape index (κ2) is 9.54. The summed E-state index contributed by atoms with van der Waals surface area (Å²) in [5, 5.41) is 9.72. The first kappa shape index (κ1) is 21.5. The smallest absolute Gasteiger partial charge is 0.274 e. The number of nitrogens with one attached hydrogen (secondary N) is 2. The third kappa shape index (κ3) is 5.24. The van der Waals surface area contributed by atoms with Gasteiger partial charge in [0.1, 0.15) is 11.9 Å². The maximum absolute atomic E-state index is 13.0. The summed E-state index contributed by atoms with van der Waals surface area (Å²) in [6.45, 7) is 3.86. The van der Waals surface area contributed by atoms with Crippen molar-refractivity contribution in [2.45, 2.75) is 26.4 Å². The lowest BCUT2D eigenvalue weighted by Gasteiger charge is -2.21. The Morgan fingerprint density at radius 1 is 1.13 bits per heavy atom. The highest BCUT2D eigenvalue weighted by atomic mass is 35.5. The molecule has 3 rings (SSSR count). The fraction of sp³-hybridized carbons (Fsp3) is 0.227. The summed E-state index contributed by atoms with van der Waals surface area (Å²) < 4.78 is 18.2. The van der Waals surface area contributed by atoms with Crippen molar-refractivity contribution in [3.63, 3.8) is 0 Å². The van der Waals surface area contributed by atoms with E-state index < -0.39 is 11.9 Å². The van der Waals surface area contributed by atoms with Gasteiger partial charge in [-0.2, -0.15) is 0 Å². The van der Waals surface area contributed by atoms with E-state index in [1.54, 1.807) is 36.4 Å². The maximum atomic E-state index is 13.0. The summed E-state index contributed by atoms with van der Waals surface area (Å²) in [4.78, 5) is 25.2. The first-order valence-corrected chi connectivity index (χ1v) is 9.77. The summed E-state index contributed by atoms with van der Waals surface area (Å²) in [6.07, 6.45) is 0. The molecule has 156 valence electrons. The molecule has 0 saturated heterocycles. The number of aromatic nitrogens is 1. The van der Waals surface area contributed by atoms with Gasteiger partial charge in [-0.15, -0.1) is 0 Å². The van der Waals surface area contributed by atoms with E-state index in [1.165, 1.54) is 18.2 Å². The van der Waals surface area contributed by atoms with E-state index in [1.807, 2.05) is 13.8 Å². The van der Waals surface area contributed by atoms with Gasteiger partial charge in [-0.25, -0.2) is 4.39 Å². The molecule has 2 N–H and O–H groups in total. The van der Waals surface area contributed by atoms with Crippen LogP contribution in [0.2, 0.25) is 5.02 Å². The molecule has 1 atom stereocenters. The van der Waals surface area contributed by atoms with Crippen molar-refractivity contribution >= 4 is 23.4 Å². The molecule has 6 nitrogen and oxygen atoms in total. The molecule has 0 aliphatic rings. The molecule has 0 aliphatic carbocycles. The number of carbonyl (C=O) groups excluding carboxylic acids is 2. The normalized spacial score (nSPS) is 11.9. The summed E-state index contributed by atoms with van der Waals surface area (Å²) in [7, 11) is 0. The molecule has 0 radical (unpaired) electrons. The number of hydrogen-bond acceptors (Lipinski definition) is 4. The Labute approximate surface area is 178 Å². The fourth-order valence-electron chi connectivity index (χ4n) is 2.82. The van der Waals surface area contributed by atoms with Gasteiger partial charge in [-0.1, -0.05) is 54.9 Å². The second-order valence-corrected chi connectivity index (χ2v) is 7.50. The molecule has 2 amide bonds. The van der Waals surface area contributed by atoms with Crippen LogP contribution in [0, 0.1) is 11.7 Å². The zero-order chi connectivity index (χ0) is 21.7. The Morgan fingerprint density at radius 2 is 1.83 bits per heavy atom. The molecule has 1 heterocycles. The summed E-state index contributed by atoms with van der Waals surface area (Å²) in [5.41, 5.74) is 1.41. The second-order valence-electron chi connectivity index (χ2n) is 7.10. The summed E-state index contributed by atoms with van der Waals surface area (Å²) in [6, 6.07) is 13.6. The quantitative estimate of drug-likeness (QED) is 0.589. The van der Waals surface area contributed by atoms with E-state index >= 15 is 0 Å². The van der Waals surface area contributed by atoms with Gasteiger partial charge >= 0.3 is 0 Å². The number of nitrogens with zero attached hydrogens (tertiary/aromatic N) is 1. The van der Waals surface area contributed by atoms with Crippen LogP contribution in [0.25, 0.3) is 11.3 Å². The monoisotopic (exact) mass is 429 g/mol. The van der Waals surface area contributed by atoms with Crippen molar-refractivity contribution in [1.82, 2.24) is 15.8 Å². The predicted molar refractivity (Wildman–Crippen MR) is 111 cm³/mol. The molecule has 1 unspecified atom stereocenters. The third-order valence-corrected chi connectivity index (χ3v) is 4.83. The lowest BCUT2D eigenvalue weighted by Crippen LogP contribution is -2.49. The van der Waals surface area contributed by atoms with E-state index in [2.05, 4.69) is 15.8 Å². The van der Waals surface area contributed by atoms with Crippen LogP contribution in [-0.2, 0) is 11.3 Å². The molecular formula is C22H21ClFN3O3. The average Bonchev–Trinajstić information content (AvgIpc) is 3.21. The van der Waals surface area contributed by atoms with E-state index in [0.29, 0.717) is 16.3 Å². The Morgan fingerprint density at radius 3 is 2.50 bits per heavy atom. The first-order valence-electron chi connectivity index (χ1n) is 9.40. The lowest BCUT2D eigenvalue weighted by molar-refractivity contribution is -0.124. The van der Waals surface area contributed by atoms with Gasteiger partial charge in [-0.05, 0) is 35.7 Å². The minimum atomic E-state index is -0.779. The van der Waals surface area contributed by atoms with Crippen LogP contribution >= 0.6 is 11.6 Å². The minimum absolute atomic E-state index is 0.0434. The number of carbonyl (C=O) groups is 2. The summed E-state index contributed by atoms with van der Waals surface area (Å²) >= 11 is 6.15. The number of benzene rings is 2. The van der Waals surface area contributed by atoms with Gasteiger partial charge < -0.3 is 15.2 Å². The molecule has 0 aliphatic heterocycles.